The standard InChI is InChI=1S/C65H46N2/c1-65(2)60-29-10-8-25-58(60)64-54(27-15-30-61(64)65)44-32-36-49(37-33-44)66(51-22-13-18-47(41-51)53-26-14-28-55-52-23-7-6-16-43(52)34-38-56(53)55)50-21-12-17-45(40-50)46-35-39-63-59(42-46)57-24-9-11-31-62(57)67(63)48-19-4-3-5-20-48/h3-42H,1-2H3. The largest absolute Gasteiger partial charge is 0.310 e. The molecule has 0 fully saturated rings. The molecule has 2 nitrogen and oxygen atoms in total. The number of fused-ring (bicyclic) bond motifs is 9. The van der Waals surface area contributed by atoms with E-state index in [4.69, 9.17) is 0 Å². The average molecular weight is 855 g/mol. The average Bonchev–Trinajstić information content (AvgIpc) is 3.84. The second-order valence-electron chi connectivity index (χ2n) is 18.5. The van der Waals surface area contributed by atoms with Crippen molar-refractivity contribution in [3.8, 4) is 50.2 Å². The Morgan fingerprint density at radius 3 is 1.78 bits per heavy atom. The Hall–Kier alpha value is -8.46. The van der Waals surface area contributed by atoms with E-state index >= 15 is 0 Å². The van der Waals surface area contributed by atoms with Crippen LogP contribution in [0.25, 0.3) is 93.5 Å². The van der Waals surface area contributed by atoms with Gasteiger partial charge in [-0.3, -0.25) is 0 Å². The van der Waals surface area contributed by atoms with Crippen molar-refractivity contribution in [2.45, 2.75) is 19.3 Å². The lowest BCUT2D eigenvalue weighted by atomic mass is 9.82. The van der Waals surface area contributed by atoms with E-state index in [1.807, 2.05) is 0 Å². The molecule has 0 unspecified atom stereocenters. The maximum absolute atomic E-state index is 2.42. The zero-order valence-corrected chi connectivity index (χ0v) is 37.5. The summed E-state index contributed by atoms with van der Waals surface area (Å²) in [6.45, 7) is 4.71. The Kier molecular flexibility index (Phi) is 8.91. The monoisotopic (exact) mass is 854 g/mol. The molecule has 0 saturated carbocycles. The molecule has 0 bridgehead atoms. The van der Waals surface area contributed by atoms with Crippen LogP contribution in [0.3, 0.4) is 0 Å². The van der Waals surface area contributed by atoms with Crippen molar-refractivity contribution in [3.05, 3.63) is 254 Å². The fourth-order valence-corrected chi connectivity index (χ4v) is 11.2. The Balaban J connectivity index is 0.957. The van der Waals surface area contributed by atoms with Crippen LogP contribution in [0.1, 0.15) is 25.0 Å². The molecule has 12 aromatic rings. The fraction of sp³-hybridized carbons (Fsp3) is 0.0462. The smallest absolute Gasteiger partial charge is 0.0541 e. The number of aromatic nitrogens is 1. The summed E-state index contributed by atoms with van der Waals surface area (Å²) in [5, 5.41) is 7.53. The van der Waals surface area contributed by atoms with Crippen molar-refractivity contribution >= 4 is 60.4 Å². The molecule has 13 rings (SSSR count). The molecule has 0 aliphatic heterocycles. The Labute approximate surface area is 391 Å². The molecule has 67 heavy (non-hydrogen) atoms. The molecule has 0 N–H and O–H groups in total. The molecule has 0 saturated heterocycles. The molecular weight excluding hydrogens is 809 g/mol. The molecule has 0 atom stereocenters. The highest BCUT2D eigenvalue weighted by Gasteiger charge is 2.36. The van der Waals surface area contributed by atoms with Crippen LogP contribution in [0.5, 0.6) is 0 Å². The minimum Gasteiger partial charge on any atom is -0.310 e. The van der Waals surface area contributed by atoms with Gasteiger partial charge in [0, 0.05) is 38.9 Å². The molecule has 1 aliphatic carbocycles. The summed E-state index contributed by atoms with van der Waals surface area (Å²) in [6, 6.07) is 89.4. The van der Waals surface area contributed by atoms with Crippen LogP contribution in [0, 0.1) is 0 Å². The van der Waals surface area contributed by atoms with Gasteiger partial charge in [0.15, 0.2) is 0 Å². The third kappa shape index (κ3) is 6.25. The third-order valence-electron chi connectivity index (χ3n) is 14.4. The lowest BCUT2D eigenvalue weighted by molar-refractivity contribution is 0.660. The van der Waals surface area contributed by atoms with Crippen LogP contribution in [-0.2, 0) is 5.41 Å². The molecular formula is C65H46N2. The minimum absolute atomic E-state index is 0.0601. The maximum atomic E-state index is 2.42. The number of hydrogen-bond acceptors (Lipinski definition) is 1. The molecule has 0 spiro atoms. The minimum atomic E-state index is -0.0601. The van der Waals surface area contributed by atoms with E-state index in [0.717, 1.165) is 28.3 Å². The Morgan fingerprint density at radius 1 is 0.328 bits per heavy atom. The number of hydrogen-bond donors (Lipinski definition) is 0. The van der Waals surface area contributed by atoms with Crippen molar-refractivity contribution in [2.24, 2.45) is 0 Å². The van der Waals surface area contributed by atoms with Crippen molar-refractivity contribution in [2.75, 3.05) is 4.90 Å². The van der Waals surface area contributed by atoms with Crippen molar-refractivity contribution in [3.63, 3.8) is 0 Å². The molecule has 1 aliphatic rings. The summed E-state index contributed by atoms with van der Waals surface area (Å²) in [5.41, 5.74) is 19.5. The molecule has 1 aromatic heterocycles. The first kappa shape index (κ1) is 39.0. The zero-order valence-electron chi connectivity index (χ0n) is 37.5. The highest BCUT2D eigenvalue weighted by atomic mass is 15.1. The lowest BCUT2D eigenvalue weighted by Gasteiger charge is -2.27. The highest BCUT2D eigenvalue weighted by Crippen LogP contribution is 2.52. The van der Waals surface area contributed by atoms with E-state index in [-0.39, 0.29) is 5.41 Å². The van der Waals surface area contributed by atoms with Gasteiger partial charge in [-0.2, -0.15) is 0 Å². The van der Waals surface area contributed by atoms with Crippen molar-refractivity contribution in [1.82, 2.24) is 4.57 Å². The highest BCUT2D eigenvalue weighted by molar-refractivity contribution is 6.13. The summed E-state index contributed by atoms with van der Waals surface area (Å²) in [7, 11) is 0. The summed E-state index contributed by atoms with van der Waals surface area (Å²) in [6.07, 6.45) is 0. The van der Waals surface area contributed by atoms with Gasteiger partial charge >= 0.3 is 0 Å². The van der Waals surface area contributed by atoms with Crippen LogP contribution < -0.4 is 4.90 Å². The number of anilines is 3. The van der Waals surface area contributed by atoms with Crippen molar-refractivity contribution < 1.29 is 0 Å². The van der Waals surface area contributed by atoms with E-state index < -0.39 is 0 Å². The Morgan fingerprint density at radius 2 is 0.925 bits per heavy atom. The first-order valence-electron chi connectivity index (χ1n) is 23.3. The lowest BCUT2D eigenvalue weighted by Crippen LogP contribution is -2.14. The number of para-hydroxylation sites is 2. The predicted octanol–water partition coefficient (Wildman–Crippen LogP) is 17.9. The Bertz CT molecular complexity index is 3890. The van der Waals surface area contributed by atoms with Gasteiger partial charge in [0.25, 0.3) is 0 Å². The second-order valence-corrected chi connectivity index (χ2v) is 18.5. The summed E-state index contributed by atoms with van der Waals surface area (Å²) in [4.78, 5) is 2.42. The van der Waals surface area contributed by atoms with Gasteiger partial charge in [0.05, 0.1) is 11.0 Å². The fourth-order valence-electron chi connectivity index (χ4n) is 11.2. The SMILES string of the molecule is CC1(C)c2ccccc2-c2c(-c3ccc(N(c4cccc(-c5ccc6c(c5)c5ccccc5n6-c5ccccc5)c4)c4cccc(-c5cccc6c5ccc5ccccc56)c4)cc3)cccc21. The second kappa shape index (κ2) is 15.3. The normalized spacial score (nSPS) is 12.7. The van der Waals surface area contributed by atoms with E-state index in [0.29, 0.717) is 0 Å². The van der Waals surface area contributed by atoms with Crippen LogP contribution in [0.15, 0.2) is 243 Å². The molecule has 316 valence electrons. The van der Waals surface area contributed by atoms with E-state index in [2.05, 4.69) is 266 Å². The van der Waals surface area contributed by atoms with Crippen LogP contribution in [0.4, 0.5) is 17.1 Å². The summed E-state index contributed by atoms with van der Waals surface area (Å²) in [5.74, 6) is 0. The van der Waals surface area contributed by atoms with Gasteiger partial charge in [0.2, 0.25) is 0 Å². The topological polar surface area (TPSA) is 8.17 Å². The van der Waals surface area contributed by atoms with E-state index in [1.54, 1.807) is 0 Å². The van der Waals surface area contributed by atoms with Crippen molar-refractivity contribution in [1.29, 1.82) is 0 Å². The van der Waals surface area contributed by atoms with Crippen LogP contribution >= 0.6 is 0 Å². The maximum Gasteiger partial charge on any atom is 0.0541 e. The number of nitrogens with zero attached hydrogens (tertiary/aromatic N) is 2. The van der Waals surface area contributed by atoms with Crippen LogP contribution in [0.2, 0.25) is 0 Å². The first-order valence-corrected chi connectivity index (χ1v) is 23.3. The van der Waals surface area contributed by atoms with E-state index in [9.17, 15) is 0 Å². The molecule has 1 heterocycles. The quantitative estimate of drug-likeness (QED) is 0.145. The summed E-state index contributed by atoms with van der Waals surface area (Å²) < 4.78 is 2.38. The van der Waals surface area contributed by atoms with Gasteiger partial charge in [0.1, 0.15) is 0 Å². The molecule has 0 radical (unpaired) electrons. The third-order valence-corrected chi connectivity index (χ3v) is 14.4. The summed E-state index contributed by atoms with van der Waals surface area (Å²) >= 11 is 0. The van der Waals surface area contributed by atoms with Gasteiger partial charge < -0.3 is 9.47 Å². The molecule has 0 amide bonds. The van der Waals surface area contributed by atoms with Crippen LogP contribution in [-0.4, -0.2) is 4.57 Å². The zero-order chi connectivity index (χ0) is 44.6. The first-order chi connectivity index (χ1) is 33.0. The molecule has 2 heteroatoms. The van der Waals surface area contributed by atoms with Gasteiger partial charge in [-0.25, -0.2) is 0 Å². The number of benzene rings is 11. The van der Waals surface area contributed by atoms with Gasteiger partial charge in [-0.15, -0.1) is 0 Å². The van der Waals surface area contributed by atoms with Gasteiger partial charge in [-0.1, -0.05) is 190 Å². The molecule has 11 aromatic carbocycles. The predicted molar refractivity (Wildman–Crippen MR) is 284 cm³/mol. The van der Waals surface area contributed by atoms with E-state index in [1.165, 1.54) is 93.4 Å². The van der Waals surface area contributed by atoms with Gasteiger partial charge in [-0.05, 0) is 144 Å². The number of rotatable bonds is 7.